The maximum atomic E-state index is 13.9. The fourth-order valence-electron chi connectivity index (χ4n) is 3.99. The average Bonchev–Trinajstić information content (AvgIpc) is 2.87. The van der Waals surface area contributed by atoms with Gasteiger partial charge in [-0.3, -0.25) is 4.79 Å². The first kappa shape index (κ1) is 29.5. The first-order chi connectivity index (χ1) is 18.3. The third-order valence-corrected chi connectivity index (χ3v) is 5.92. The van der Waals surface area contributed by atoms with E-state index in [-0.39, 0.29) is 12.1 Å². The highest BCUT2D eigenvalue weighted by atomic mass is 19.4. The van der Waals surface area contributed by atoms with Gasteiger partial charge in [0.25, 0.3) is 5.91 Å². The van der Waals surface area contributed by atoms with Crippen LogP contribution < -0.4 is 15.5 Å². The number of hydrogen-bond donors (Lipinski definition) is 3. The van der Waals surface area contributed by atoms with Crippen molar-refractivity contribution >= 4 is 34.5 Å². The van der Waals surface area contributed by atoms with Gasteiger partial charge in [0.15, 0.2) is 17.5 Å². The molecule has 4 rings (SSSR count). The predicted octanol–water partition coefficient (Wildman–Crippen LogP) is 4.90. The normalized spacial score (nSPS) is 17.1. The van der Waals surface area contributed by atoms with Crippen LogP contribution in [0.25, 0.3) is 10.9 Å². The SMILES string of the molecule is CN(C)c1nc(NC2CCC(NC(=O)c3ccc(F)c(F)c3F)CC2)nc2ccccc12.O=C(O)C(F)(F)F. The summed E-state index contributed by atoms with van der Waals surface area (Å²) in [6, 6.07) is 9.46. The van der Waals surface area contributed by atoms with E-state index in [4.69, 9.17) is 9.90 Å². The number of aromatic nitrogens is 2. The number of halogens is 6. The number of alkyl halides is 3. The van der Waals surface area contributed by atoms with Crippen molar-refractivity contribution in [2.24, 2.45) is 0 Å². The second kappa shape index (κ2) is 12.2. The van der Waals surface area contributed by atoms with E-state index in [0.29, 0.717) is 18.8 Å². The van der Waals surface area contributed by atoms with Gasteiger partial charge in [0.1, 0.15) is 5.82 Å². The molecule has 14 heteroatoms. The molecule has 3 N–H and O–H groups in total. The van der Waals surface area contributed by atoms with Crippen molar-refractivity contribution in [3.05, 3.63) is 59.4 Å². The number of hydrogen-bond acceptors (Lipinski definition) is 6. The van der Waals surface area contributed by atoms with Gasteiger partial charge < -0.3 is 20.6 Å². The molecule has 39 heavy (non-hydrogen) atoms. The fourth-order valence-corrected chi connectivity index (χ4v) is 3.99. The molecular formula is C25H25F6N5O3. The Hall–Kier alpha value is -4.10. The number of nitrogens with one attached hydrogen (secondary N) is 2. The molecule has 1 fully saturated rings. The van der Waals surface area contributed by atoms with Gasteiger partial charge in [0, 0.05) is 31.6 Å². The van der Waals surface area contributed by atoms with Crippen LogP contribution in [0, 0.1) is 17.5 Å². The van der Waals surface area contributed by atoms with Crippen LogP contribution in [0.1, 0.15) is 36.0 Å². The maximum Gasteiger partial charge on any atom is 0.490 e. The lowest BCUT2D eigenvalue weighted by Crippen LogP contribution is -2.40. The Morgan fingerprint density at radius 3 is 2.10 bits per heavy atom. The molecule has 0 bridgehead atoms. The van der Waals surface area contributed by atoms with Crippen LogP contribution in [0.2, 0.25) is 0 Å². The lowest BCUT2D eigenvalue weighted by molar-refractivity contribution is -0.192. The van der Waals surface area contributed by atoms with Gasteiger partial charge in [-0.15, -0.1) is 0 Å². The number of anilines is 2. The molecule has 8 nitrogen and oxygen atoms in total. The maximum absolute atomic E-state index is 13.9. The molecular weight excluding hydrogens is 532 g/mol. The van der Waals surface area contributed by atoms with Gasteiger partial charge >= 0.3 is 12.1 Å². The van der Waals surface area contributed by atoms with E-state index in [0.717, 1.165) is 41.7 Å². The smallest absolute Gasteiger partial charge is 0.475 e. The second-order valence-corrected chi connectivity index (χ2v) is 8.97. The summed E-state index contributed by atoms with van der Waals surface area (Å²) in [5.41, 5.74) is 0.355. The van der Waals surface area contributed by atoms with E-state index in [2.05, 4.69) is 20.6 Å². The predicted molar refractivity (Wildman–Crippen MR) is 131 cm³/mol. The third-order valence-electron chi connectivity index (χ3n) is 5.92. The highest BCUT2D eigenvalue weighted by Crippen LogP contribution is 2.26. The third kappa shape index (κ3) is 7.48. The molecule has 1 saturated carbocycles. The zero-order valence-corrected chi connectivity index (χ0v) is 20.8. The fraction of sp³-hybridized carbons (Fsp3) is 0.360. The number of carbonyl (C=O) groups excluding carboxylic acids is 1. The van der Waals surface area contributed by atoms with Crippen LogP contribution in [0.5, 0.6) is 0 Å². The molecule has 3 aromatic rings. The number of amides is 1. The molecule has 1 amide bonds. The van der Waals surface area contributed by atoms with Crippen molar-refractivity contribution in [2.75, 3.05) is 24.3 Å². The van der Waals surface area contributed by atoms with Crippen LogP contribution in [-0.4, -0.2) is 59.3 Å². The number of para-hydroxylation sites is 1. The molecule has 0 radical (unpaired) electrons. The van der Waals surface area contributed by atoms with Crippen molar-refractivity contribution in [3.63, 3.8) is 0 Å². The minimum Gasteiger partial charge on any atom is -0.475 e. The van der Waals surface area contributed by atoms with Crippen LogP contribution >= 0.6 is 0 Å². The average molecular weight is 557 g/mol. The zero-order chi connectivity index (χ0) is 28.9. The van der Waals surface area contributed by atoms with E-state index < -0.39 is 41.1 Å². The highest BCUT2D eigenvalue weighted by Gasteiger charge is 2.38. The van der Waals surface area contributed by atoms with Gasteiger partial charge in [0.2, 0.25) is 5.95 Å². The van der Waals surface area contributed by atoms with Crippen molar-refractivity contribution in [1.82, 2.24) is 15.3 Å². The van der Waals surface area contributed by atoms with Gasteiger partial charge in [-0.2, -0.15) is 18.2 Å². The Kier molecular flexibility index (Phi) is 9.20. The first-order valence-corrected chi connectivity index (χ1v) is 11.7. The minimum atomic E-state index is -5.08. The Morgan fingerprint density at radius 2 is 1.51 bits per heavy atom. The van der Waals surface area contributed by atoms with Crippen LogP contribution in [0.3, 0.4) is 0 Å². The van der Waals surface area contributed by atoms with Crippen molar-refractivity contribution in [1.29, 1.82) is 0 Å². The number of carboxylic acids is 1. The molecule has 1 aliphatic carbocycles. The van der Waals surface area contributed by atoms with Crippen LogP contribution in [0.4, 0.5) is 38.1 Å². The highest BCUT2D eigenvalue weighted by molar-refractivity contribution is 5.94. The van der Waals surface area contributed by atoms with Crippen molar-refractivity contribution < 1.29 is 41.0 Å². The molecule has 0 atom stereocenters. The number of nitrogens with zero attached hydrogens (tertiary/aromatic N) is 3. The summed E-state index contributed by atoms with van der Waals surface area (Å²) in [6.07, 6.45) is -2.27. The van der Waals surface area contributed by atoms with Crippen LogP contribution in [-0.2, 0) is 4.79 Å². The number of carboxylic acid groups (broad SMARTS) is 1. The number of fused-ring (bicyclic) bond motifs is 1. The van der Waals surface area contributed by atoms with Gasteiger partial charge in [0.05, 0.1) is 11.1 Å². The Labute approximate surface area is 219 Å². The standard InChI is InChI=1S/C23H24F3N5O.C2HF3O2/c1-31(2)21-15-5-3-4-6-18(15)29-23(30-21)28-14-9-7-13(8-10-14)27-22(32)16-11-12-17(24)20(26)19(16)25;3-2(4,5)1(6)7/h3-6,11-14H,7-10H2,1-2H3,(H,27,32)(H,28,29,30);(H,6,7). The van der Waals surface area contributed by atoms with Crippen molar-refractivity contribution in [3.8, 4) is 0 Å². The summed E-state index contributed by atoms with van der Waals surface area (Å²) < 4.78 is 72.1. The summed E-state index contributed by atoms with van der Waals surface area (Å²) in [7, 11) is 3.87. The van der Waals surface area contributed by atoms with Gasteiger partial charge in [-0.05, 0) is 49.9 Å². The van der Waals surface area contributed by atoms with E-state index in [1.54, 1.807) is 0 Å². The molecule has 1 aromatic heterocycles. The molecule has 1 aliphatic rings. The molecule has 0 saturated heterocycles. The lowest BCUT2D eigenvalue weighted by atomic mass is 9.91. The van der Waals surface area contributed by atoms with E-state index >= 15 is 0 Å². The molecule has 0 aliphatic heterocycles. The number of carbonyl (C=O) groups is 2. The Morgan fingerprint density at radius 1 is 0.923 bits per heavy atom. The topological polar surface area (TPSA) is 107 Å². The zero-order valence-electron chi connectivity index (χ0n) is 20.8. The summed E-state index contributed by atoms with van der Waals surface area (Å²) in [4.78, 5) is 32.4. The summed E-state index contributed by atoms with van der Waals surface area (Å²) >= 11 is 0. The number of benzene rings is 2. The van der Waals surface area contributed by atoms with E-state index in [9.17, 15) is 31.1 Å². The quantitative estimate of drug-likeness (QED) is 0.303. The summed E-state index contributed by atoms with van der Waals surface area (Å²) in [5.74, 6) is -6.56. The van der Waals surface area contributed by atoms with Crippen LogP contribution in [0.15, 0.2) is 36.4 Å². The van der Waals surface area contributed by atoms with E-state index in [1.807, 2.05) is 43.3 Å². The largest absolute Gasteiger partial charge is 0.490 e. The monoisotopic (exact) mass is 557 g/mol. The Bertz CT molecular complexity index is 1340. The number of aliphatic carboxylic acids is 1. The van der Waals surface area contributed by atoms with Crippen molar-refractivity contribution in [2.45, 2.75) is 43.9 Å². The molecule has 2 aromatic carbocycles. The number of rotatable bonds is 5. The molecule has 210 valence electrons. The second-order valence-electron chi connectivity index (χ2n) is 8.97. The minimum absolute atomic E-state index is 0.124. The summed E-state index contributed by atoms with van der Waals surface area (Å²) in [6.45, 7) is 0. The first-order valence-electron chi connectivity index (χ1n) is 11.7. The summed E-state index contributed by atoms with van der Waals surface area (Å²) in [5, 5.41) is 14.2. The molecule has 1 heterocycles. The lowest BCUT2D eigenvalue weighted by Gasteiger charge is -2.30. The van der Waals surface area contributed by atoms with E-state index in [1.165, 1.54) is 0 Å². The molecule has 0 spiro atoms. The molecule has 0 unspecified atom stereocenters. The van der Waals surface area contributed by atoms with Gasteiger partial charge in [-0.1, -0.05) is 12.1 Å². The Balaban J connectivity index is 0.000000532. The van der Waals surface area contributed by atoms with Gasteiger partial charge in [-0.25, -0.2) is 22.9 Å².